The first kappa shape index (κ1) is 25.6. The van der Waals surface area contributed by atoms with Crippen molar-refractivity contribution in [2.45, 2.75) is 76.8 Å². The van der Waals surface area contributed by atoms with Gasteiger partial charge >= 0.3 is 0 Å². The second-order valence-electron chi connectivity index (χ2n) is 8.90. The lowest BCUT2D eigenvalue weighted by atomic mass is 9.95. The molecule has 1 unspecified atom stereocenters. The number of thioether (sulfide) groups is 1. The van der Waals surface area contributed by atoms with Gasteiger partial charge in [0, 0.05) is 23.4 Å². The minimum absolute atomic E-state index is 0.00103. The molecule has 1 N–H and O–H groups in total. The average Bonchev–Trinajstić information content (AvgIpc) is 2.81. The Hall–Kier alpha value is -1.98. The molecule has 0 saturated heterocycles. The second-order valence-corrected chi connectivity index (χ2v) is 10.3. The summed E-state index contributed by atoms with van der Waals surface area (Å²) in [5.41, 5.74) is 3.33. The maximum absolute atomic E-state index is 13.4. The fourth-order valence-electron chi connectivity index (χ4n) is 4.39. The molecule has 1 fully saturated rings. The zero-order valence-corrected chi connectivity index (χ0v) is 21.3. The number of amides is 2. The van der Waals surface area contributed by atoms with Gasteiger partial charge in [-0.3, -0.25) is 9.59 Å². The Kier molecular flexibility index (Phi) is 10.1. The monoisotopic (exact) mass is 486 g/mol. The van der Waals surface area contributed by atoms with E-state index >= 15 is 0 Å². The highest BCUT2D eigenvalue weighted by Gasteiger charge is 2.30. The molecule has 2 aromatic carbocycles. The summed E-state index contributed by atoms with van der Waals surface area (Å²) in [7, 11) is 0. The van der Waals surface area contributed by atoms with E-state index in [0.29, 0.717) is 23.7 Å². The summed E-state index contributed by atoms with van der Waals surface area (Å²) in [5.74, 6) is 1.04. The van der Waals surface area contributed by atoms with E-state index < -0.39 is 6.04 Å². The molecule has 0 aromatic heterocycles. The highest BCUT2D eigenvalue weighted by atomic mass is 35.5. The van der Waals surface area contributed by atoms with Gasteiger partial charge in [0.2, 0.25) is 11.8 Å². The molecular weight excluding hydrogens is 452 g/mol. The van der Waals surface area contributed by atoms with Crippen LogP contribution >= 0.6 is 23.4 Å². The summed E-state index contributed by atoms with van der Waals surface area (Å²) >= 11 is 7.54. The Morgan fingerprint density at radius 3 is 2.48 bits per heavy atom. The fraction of sp³-hybridized carbons (Fsp3) is 0.481. The lowest BCUT2D eigenvalue weighted by molar-refractivity contribution is -0.139. The predicted molar refractivity (Wildman–Crippen MR) is 138 cm³/mol. The van der Waals surface area contributed by atoms with Gasteiger partial charge in [0.15, 0.2) is 0 Å². The number of rotatable bonds is 10. The molecule has 6 heteroatoms. The van der Waals surface area contributed by atoms with Crippen molar-refractivity contribution in [2.24, 2.45) is 0 Å². The molecule has 0 radical (unpaired) electrons. The van der Waals surface area contributed by atoms with Crippen LogP contribution in [-0.2, 0) is 21.9 Å². The Balaban J connectivity index is 1.69. The van der Waals surface area contributed by atoms with Crippen molar-refractivity contribution in [3.63, 3.8) is 0 Å². The molecule has 33 heavy (non-hydrogen) atoms. The van der Waals surface area contributed by atoms with Crippen LogP contribution in [0.5, 0.6) is 0 Å². The zero-order valence-electron chi connectivity index (χ0n) is 19.7. The van der Waals surface area contributed by atoms with Crippen LogP contribution in [0, 0.1) is 6.92 Å². The van der Waals surface area contributed by atoms with Crippen molar-refractivity contribution in [1.82, 2.24) is 10.2 Å². The van der Waals surface area contributed by atoms with E-state index in [1.165, 1.54) is 6.42 Å². The van der Waals surface area contributed by atoms with Gasteiger partial charge < -0.3 is 10.2 Å². The number of halogens is 1. The minimum atomic E-state index is -0.462. The molecule has 1 saturated carbocycles. The molecule has 4 nitrogen and oxygen atoms in total. The zero-order chi connectivity index (χ0) is 23.6. The number of nitrogens with zero attached hydrogens (tertiary/aromatic N) is 1. The number of nitrogens with one attached hydrogen (secondary N) is 1. The molecule has 2 amide bonds. The van der Waals surface area contributed by atoms with Crippen LogP contribution in [0.1, 0.15) is 62.1 Å². The standard InChI is InChI=1S/C27H35ClN2O2S/c1-3-25(27(32)29-24-10-5-4-6-11-24)30(17-22-9-7-8-20(2)16-22)26(31)19-33-18-21-12-14-23(28)15-13-21/h7-9,12-16,24-25H,3-6,10-11,17-19H2,1-2H3,(H,29,32). The number of carbonyl (C=O) groups excluding carboxylic acids is 2. The fourth-order valence-corrected chi connectivity index (χ4v) is 5.39. The van der Waals surface area contributed by atoms with Gasteiger partial charge in [0.25, 0.3) is 0 Å². The predicted octanol–water partition coefficient (Wildman–Crippen LogP) is 6.14. The molecule has 2 aromatic rings. The summed E-state index contributed by atoms with van der Waals surface area (Å²) in [6, 6.07) is 15.6. The van der Waals surface area contributed by atoms with Crippen LogP contribution in [0.25, 0.3) is 0 Å². The maximum Gasteiger partial charge on any atom is 0.243 e. The Labute approximate surface area is 207 Å². The van der Waals surface area contributed by atoms with Crippen molar-refractivity contribution in [3.05, 3.63) is 70.2 Å². The molecule has 3 rings (SSSR count). The van der Waals surface area contributed by atoms with E-state index in [4.69, 9.17) is 11.6 Å². The van der Waals surface area contributed by atoms with Crippen molar-refractivity contribution in [1.29, 1.82) is 0 Å². The van der Waals surface area contributed by atoms with Gasteiger partial charge in [-0.2, -0.15) is 0 Å². The molecule has 1 atom stereocenters. The summed E-state index contributed by atoms with van der Waals surface area (Å²) in [5, 5.41) is 3.94. The van der Waals surface area contributed by atoms with E-state index in [0.717, 1.165) is 48.1 Å². The van der Waals surface area contributed by atoms with Gasteiger partial charge in [-0.25, -0.2) is 0 Å². The average molecular weight is 487 g/mol. The van der Waals surface area contributed by atoms with Gasteiger partial charge in [-0.1, -0.05) is 79.7 Å². The van der Waals surface area contributed by atoms with Crippen LogP contribution in [-0.4, -0.2) is 34.6 Å². The molecule has 0 spiro atoms. The third kappa shape index (κ3) is 8.08. The number of carbonyl (C=O) groups is 2. The number of hydrogen-bond donors (Lipinski definition) is 1. The van der Waals surface area contributed by atoms with Crippen LogP contribution in [0.2, 0.25) is 5.02 Å². The maximum atomic E-state index is 13.4. The Morgan fingerprint density at radius 1 is 1.09 bits per heavy atom. The number of hydrogen-bond acceptors (Lipinski definition) is 3. The minimum Gasteiger partial charge on any atom is -0.352 e. The van der Waals surface area contributed by atoms with Crippen LogP contribution < -0.4 is 5.32 Å². The summed E-state index contributed by atoms with van der Waals surface area (Å²) < 4.78 is 0. The summed E-state index contributed by atoms with van der Waals surface area (Å²) in [6.45, 7) is 4.48. The first-order valence-electron chi connectivity index (χ1n) is 11.9. The lowest BCUT2D eigenvalue weighted by Crippen LogP contribution is -2.52. The van der Waals surface area contributed by atoms with Crippen molar-refractivity contribution >= 4 is 35.2 Å². The quantitative estimate of drug-likeness (QED) is 0.439. The summed E-state index contributed by atoms with van der Waals surface area (Å²) in [6.07, 6.45) is 6.23. The van der Waals surface area contributed by atoms with E-state index in [-0.39, 0.29) is 17.9 Å². The number of aryl methyl sites for hydroxylation is 1. The molecule has 0 bridgehead atoms. The molecule has 1 aliphatic carbocycles. The van der Waals surface area contributed by atoms with Gasteiger partial charge in [-0.05, 0) is 49.4 Å². The van der Waals surface area contributed by atoms with E-state index in [1.54, 1.807) is 16.7 Å². The van der Waals surface area contributed by atoms with Crippen molar-refractivity contribution in [3.8, 4) is 0 Å². The normalized spacial score (nSPS) is 15.1. The molecule has 178 valence electrons. The SMILES string of the molecule is CCC(C(=O)NC1CCCCC1)N(Cc1cccc(C)c1)C(=O)CSCc1ccc(Cl)cc1. The van der Waals surface area contributed by atoms with Crippen molar-refractivity contribution < 1.29 is 9.59 Å². The Bertz CT molecular complexity index is 913. The molecule has 0 heterocycles. The number of benzene rings is 2. The van der Waals surface area contributed by atoms with Crippen LogP contribution in [0.15, 0.2) is 48.5 Å². The molecular formula is C27H35ClN2O2S. The smallest absolute Gasteiger partial charge is 0.243 e. The van der Waals surface area contributed by atoms with Gasteiger partial charge in [0.05, 0.1) is 5.75 Å². The Morgan fingerprint density at radius 2 is 1.82 bits per heavy atom. The van der Waals surface area contributed by atoms with Crippen LogP contribution in [0.3, 0.4) is 0 Å². The first-order valence-corrected chi connectivity index (χ1v) is 13.5. The van der Waals surface area contributed by atoms with E-state index in [1.807, 2.05) is 56.3 Å². The molecule has 1 aliphatic rings. The highest BCUT2D eigenvalue weighted by Crippen LogP contribution is 2.21. The second kappa shape index (κ2) is 13.0. The van der Waals surface area contributed by atoms with E-state index in [2.05, 4.69) is 11.4 Å². The van der Waals surface area contributed by atoms with Gasteiger partial charge in [0.1, 0.15) is 6.04 Å². The van der Waals surface area contributed by atoms with Crippen molar-refractivity contribution in [2.75, 3.05) is 5.75 Å². The third-order valence-corrected chi connectivity index (χ3v) is 7.42. The largest absolute Gasteiger partial charge is 0.352 e. The van der Waals surface area contributed by atoms with Crippen LogP contribution in [0.4, 0.5) is 0 Å². The highest BCUT2D eigenvalue weighted by molar-refractivity contribution is 7.99. The lowest BCUT2D eigenvalue weighted by Gasteiger charge is -2.33. The third-order valence-electron chi connectivity index (χ3n) is 6.18. The van der Waals surface area contributed by atoms with E-state index in [9.17, 15) is 9.59 Å². The molecule has 0 aliphatic heterocycles. The topological polar surface area (TPSA) is 49.4 Å². The van der Waals surface area contributed by atoms with Gasteiger partial charge in [-0.15, -0.1) is 11.8 Å². The summed E-state index contributed by atoms with van der Waals surface area (Å²) in [4.78, 5) is 28.4. The first-order chi connectivity index (χ1) is 16.0.